The zero-order valence-electron chi connectivity index (χ0n) is 14.0. The van der Waals surface area contributed by atoms with Crippen LogP contribution in [-0.4, -0.2) is 14.4 Å². The van der Waals surface area contributed by atoms with E-state index < -0.39 is 0 Å². The largest absolute Gasteiger partial charge is 0.339 e. The van der Waals surface area contributed by atoms with Crippen LogP contribution in [0.5, 0.6) is 0 Å². The minimum absolute atomic E-state index is 0.681. The lowest BCUT2D eigenvalue weighted by atomic mass is 10.1. The van der Waals surface area contributed by atoms with Crippen molar-refractivity contribution in [3.8, 4) is 11.3 Å². The van der Waals surface area contributed by atoms with E-state index in [4.69, 9.17) is 16.6 Å². The van der Waals surface area contributed by atoms with Crippen LogP contribution >= 0.6 is 11.6 Å². The maximum atomic E-state index is 6.04. The molecule has 0 atom stereocenters. The molecule has 2 heterocycles. The third kappa shape index (κ3) is 2.96. The SMILES string of the molecule is Cc1cc(C)n2c(Nc3ccccc3)c(-c3ccc(Cl)cc3)nc2n1. The maximum Gasteiger partial charge on any atom is 0.236 e. The minimum atomic E-state index is 0.681. The molecule has 4 nitrogen and oxygen atoms in total. The van der Waals surface area contributed by atoms with E-state index in [9.17, 15) is 0 Å². The first-order chi connectivity index (χ1) is 12.1. The molecule has 124 valence electrons. The van der Waals surface area contributed by atoms with Crippen molar-refractivity contribution in [2.45, 2.75) is 13.8 Å². The van der Waals surface area contributed by atoms with Gasteiger partial charge in [0, 0.05) is 27.7 Å². The van der Waals surface area contributed by atoms with Gasteiger partial charge in [-0.15, -0.1) is 0 Å². The van der Waals surface area contributed by atoms with Crippen LogP contribution < -0.4 is 5.32 Å². The first kappa shape index (κ1) is 15.7. The second kappa shape index (κ2) is 6.22. The van der Waals surface area contributed by atoms with Crippen LogP contribution in [0.25, 0.3) is 17.0 Å². The summed E-state index contributed by atoms with van der Waals surface area (Å²) in [6.07, 6.45) is 0. The number of imidazole rings is 1. The predicted molar refractivity (Wildman–Crippen MR) is 103 cm³/mol. The number of aryl methyl sites for hydroxylation is 2. The molecule has 4 rings (SSSR count). The molecule has 0 fully saturated rings. The number of hydrogen-bond acceptors (Lipinski definition) is 3. The Hall–Kier alpha value is -2.85. The molecular formula is C20H17ClN4. The summed E-state index contributed by atoms with van der Waals surface area (Å²) in [5.74, 6) is 1.58. The van der Waals surface area contributed by atoms with Crippen LogP contribution in [0.15, 0.2) is 60.7 Å². The molecular weight excluding hydrogens is 332 g/mol. The average Bonchev–Trinajstić information content (AvgIpc) is 2.95. The molecule has 0 saturated heterocycles. The quantitative estimate of drug-likeness (QED) is 0.538. The van der Waals surface area contributed by atoms with Crippen LogP contribution in [0.3, 0.4) is 0 Å². The summed E-state index contributed by atoms with van der Waals surface area (Å²) in [5.41, 5.74) is 4.86. The van der Waals surface area contributed by atoms with Gasteiger partial charge in [-0.1, -0.05) is 41.9 Å². The molecule has 25 heavy (non-hydrogen) atoms. The van der Waals surface area contributed by atoms with Crippen LogP contribution in [-0.2, 0) is 0 Å². The molecule has 0 saturated carbocycles. The van der Waals surface area contributed by atoms with Crippen molar-refractivity contribution < 1.29 is 0 Å². The Morgan fingerprint density at radius 3 is 2.36 bits per heavy atom. The summed E-state index contributed by atoms with van der Waals surface area (Å²) in [6, 6.07) is 19.8. The van der Waals surface area contributed by atoms with Crippen LogP contribution in [0, 0.1) is 13.8 Å². The van der Waals surface area contributed by atoms with E-state index in [1.54, 1.807) is 0 Å². The lowest BCUT2D eigenvalue weighted by Gasteiger charge is -2.10. The van der Waals surface area contributed by atoms with Crippen LogP contribution in [0.1, 0.15) is 11.4 Å². The topological polar surface area (TPSA) is 42.2 Å². The van der Waals surface area contributed by atoms with Crippen molar-refractivity contribution in [2.75, 3.05) is 5.32 Å². The molecule has 4 aromatic rings. The van der Waals surface area contributed by atoms with E-state index in [1.807, 2.05) is 65.9 Å². The Balaban J connectivity index is 1.96. The van der Waals surface area contributed by atoms with Gasteiger partial charge in [-0.3, -0.25) is 4.40 Å². The van der Waals surface area contributed by atoms with Gasteiger partial charge < -0.3 is 5.32 Å². The van der Waals surface area contributed by atoms with Gasteiger partial charge in [0.2, 0.25) is 5.78 Å². The maximum absolute atomic E-state index is 6.04. The standard InChI is InChI=1S/C20H17ClN4/c1-13-12-14(2)25-19(23-17-6-4-3-5-7-17)18(24-20(25)22-13)15-8-10-16(21)11-9-15/h3-12,23H,1-2H3. The van der Waals surface area contributed by atoms with Gasteiger partial charge in [-0.25, -0.2) is 9.97 Å². The van der Waals surface area contributed by atoms with E-state index in [0.29, 0.717) is 10.8 Å². The highest BCUT2D eigenvalue weighted by Crippen LogP contribution is 2.32. The zero-order chi connectivity index (χ0) is 17.4. The smallest absolute Gasteiger partial charge is 0.236 e. The van der Waals surface area contributed by atoms with Crippen molar-refractivity contribution >= 4 is 28.9 Å². The monoisotopic (exact) mass is 348 g/mol. The van der Waals surface area contributed by atoms with Gasteiger partial charge in [-0.2, -0.15) is 0 Å². The number of hydrogen-bond donors (Lipinski definition) is 1. The highest BCUT2D eigenvalue weighted by molar-refractivity contribution is 6.30. The number of nitrogens with one attached hydrogen (secondary N) is 1. The molecule has 1 N–H and O–H groups in total. The number of fused-ring (bicyclic) bond motifs is 1. The lowest BCUT2D eigenvalue weighted by Crippen LogP contribution is -2.01. The number of para-hydroxylation sites is 1. The number of benzene rings is 2. The van der Waals surface area contributed by atoms with Gasteiger partial charge in [0.25, 0.3) is 0 Å². The number of anilines is 2. The fourth-order valence-electron chi connectivity index (χ4n) is 2.96. The number of rotatable bonds is 3. The second-order valence-corrected chi connectivity index (χ2v) is 6.42. The molecule has 2 aromatic heterocycles. The van der Waals surface area contributed by atoms with Crippen molar-refractivity contribution in [1.82, 2.24) is 14.4 Å². The fraction of sp³-hybridized carbons (Fsp3) is 0.100. The summed E-state index contributed by atoms with van der Waals surface area (Å²) >= 11 is 6.04. The number of halogens is 1. The first-order valence-corrected chi connectivity index (χ1v) is 8.44. The van der Waals surface area contributed by atoms with Crippen molar-refractivity contribution in [3.05, 3.63) is 77.1 Å². The molecule has 2 aromatic carbocycles. The van der Waals surface area contributed by atoms with Gasteiger partial charge in [-0.05, 0) is 44.2 Å². The van der Waals surface area contributed by atoms with Gasteiger partial charge in [0.15, 0.2) is 0 Å². The van der Waals surface area contributed by atoms with Gasteiger partial charge in [0.1, 0.15) is 11.5 Å². The molecule has 5 heteroatoms. The summed E-state index contributed by atoms with van der Waals surface area (Å²) in [6.45, 7) is 4.04. The molecule has 0 aliphatic rings. The number of aromatic nitrogens is 3. The van der Waals surface area contributed by atoms with E-state index in [2.05, 4.69) is 23.3 Å². The Morgan fingerprint density at radius 1 is 0.920 bits per heavy atom. The van der Waals surface area contributed by atoms with E-state index in [0.717, 1.165) is 34.2 Å². The second-order valence-electron chi connectivity index (χ2n) is 5.98. The van der Waals surface area contributed by atoms with Crippen LogP contribution in [0.2, 0.25) is 5.02 Å². The Labute approximate surface area is 151 Å². The summed E-state index contributed by atoms with van der Waals surface area (Å²) in [5, 5.41) is 4.20. The molecule has 0 spiro atoms. The number of nitrogens with zero attached hydrogens (tertiary/aromatic N) is 3. The van der Waals surface area contributed by atoms with E-state index in [-0.39, 0.29) is 0 Å². The minimum Gasteiger partial charge on any atom is -0.339 e. The van der Waals surface area contributed by atoms with Crippen molar-refractivity contribution in [1.29, 1.82) is 0 Å². The Morgan fingerprint density at radius 2 is 1.64 bits per heavy atom. The third-order valence-corrected chi connectivity index (χ3v) is 4.31. The van der Waals surface area contributed by atoms with Crippen molar-refractivity contribution in [3.63, 3.8) is 0 Å². The lowest BCUT2D eigenvalue weighted by molar-refractivity contribution is 1.02. The first-order valence-electron chi connectivity index (χ1n) is 8.06. The van der Waals surface area contributed by atoms with Gasteiger partial charge in [0.05, 0.1) is 0 Å². The Bertz CT molecular complexity index is 1040. The summed E-state index contributed by atoms with van der Waals surface area (Å²) < 4.78 is 2.05. The third-order valence-electron chi connectivity index (χ3n) is 4.06. The Kier molecular flexibility index (Phi) is 3.90. The highest BCUT2D eigenvalue weighted by Gasteiger charge is 2.17. The molecule has 0 aliphatic carbocycles. The van der Waals surface area contributed by atoms with Gasteiger partial charge >= 0.3 is 0 Å². The van der Waals surface area contributed by atoms with Crippen LogP contribution in [0.4, 0.5) is 11.5 Å². The molecule has 0 amide bonds. The summed E-state index contributed by atoms with van der Waals surface area (Å²) in [7, 11) is 0. The normalized spacial score (nSPS) is 11.0. The summed E-state index contributed by atoms with van der Waals surface area (Å²) in [4.78, 5) is 9.36. The molecule has 0 radical (unpaired) electrons. The molecule has 0 aliphatic heterocycles. The average molecular weight is 349 g/mol. The van der Waals surface area contributed by atoms with E-state index >= 15 is 0 Å². The predicted octanol–water partition coefficient (Wildman–Crippen LogP) is 5.41. The van der Waals surface area contributed by atoms with Crippen molar-refractivity contribution in [2.24, 2.45) is 0 Å². The molecule has 0 bridgehead atoms. The molecule has 0 unspecified atom stereocenters. The zero-order valence-corrected chi connectivity index (χ0v) is 14.7. The fourth-order valence-corrected chi connectivity index (χ4v) is 3.08. The highest BCUT2D eigenvalue weighted by atomic mass is 35.5. The van der Waals surface area contributed by atoms with E-state index in [1.165, 1.54) is 0 Å².